The number of anilines is 1. The van der Waals surface area contributed by atoms with E-state index in [1.165, 1.54) is 0 Å². The van der Waals surface area contributed by atoms with Gasteiger partial charge in [-0.3, -0.25) is 4.98 Å². The van der Waals surface area contributed by atoms with Crippen molar-refractivity contribution in [3.8, 4) is 0 Å². The van der Waals surface area contributed by atoms with Crippen LogP contribution in [0.1, 0.15) is 47.2 Å². The minimum Gasteiger partial charge on any atom is -0.355 e. The average Bonchev–Trinajstić information content (AvgIpc) is 2.33. The Morgan fingerprint density at radius 2 is 1.89 bits per heavy atom. The molecule has 0 fully saturated rings. The minimum absolute atomic E-state index is 0.105. The third kappa shape index (κ3) is 6.01. The van der Waals surface area contributed by atoms with Gasteiger partial charge in [0.25, 0.3) is 0 Å². The molecule has 1 heterocycles. The maximum atomic E-state index is 4.53. The van der Waals surface area contributed by atoms with Gasteiger partial charge < -0.3 is 10.2 Å². The number of hydrogen-bond acceptors (Lipinski definition) is 4. The van der Waals surface area contributed by atoms with Crippen LogP contribution in [0.15, 0.2) is 12.4 Å². The smallest absolute Gasteiger partial charge is 0.147 e. The topological polar surface area (TPSA) is 41.1 Å². The monoisotopic (exact) mass is 264 g/mol. The van der Waals surface area contributed by atoms with Crippen molar-refractivity contribution in [3.63, 3.8) is 0 Å². The van der Waals surface area contributed by atoms with Crippen molar-refractivity contribution in [2.24, 2.45) is 5.92 Å². The highest BCUT2D eigenvalue weighted by Gasteiger charge is 2.11. The van der Waals surface area contributed by atoms with Crippen molar-refractivity contribution in [1.82, 2.24) is 15.3 Å². The van der Waals surface area contributed by atoms with Crippen LogP contribution in [0.25, 0.3) is 0 Å². The molecule has 0 bridgehead atoms. The minimum atomic E-state index is 0.105. The Kier molecular flexibility index (Phi) is 5.73. The maximum Gasteiger partial charge on any atom is 0.147 e. The fourth-order valence-corrected chi connectivity index (χ4v) is 1.78. The van der Waals surface area contributed by atoms with Crippen LogP contribution in [0, 0.1) is 5.92 Å². The summed E-state index contributed by atoms with van der Waals surface area (Å²) in [7, 11) is 0. The summed E-state index contributed by atoms with van der Waals surface area (Å²) in [5.74, 6) is 1.60. The van der Waals surface area contributed by atoms with Gasteiger partial charge in [0, 0.05) is 25.2 Å². The molecule has 0 amide bonds. The molecule has 0 aliphatic heterocycles. The Morgan fingerprint density at radius 3 is 2.32 bits per heavy atom. The summed E-state index contributed by atoms with van der Waals surface area (Å²) in [6.45, 7) is 15.8. The Hall–Kier alpha value is -1.16. The fraction of sp³-hybridized carbons (Fsp3) is 0.733. The van der Waals surface area contributed by atoms with E-state index in [0.717, 1.165) is 31.1 Å². The molecular weight excluding hydrogens is 236 g/mol. The van der Waals surface area contributed by atoms with E-state index >= 15 is 0 Å². The highest BCUT2D eigenvalue weighted by atomic mass is 15.2. The SMILES string of the molecule is CCN(CC(C)C)c1cnc(CNC(C)(C)C)cn1. The number of hydrogen-bond donors (Lipinski definition) is 1. The molecule has 19 heavy (non-hydrogen) atoms. The molecule has 0 aromatic carbocycles. The van der Waals surface area contributed by atoms with E-state index in [4.69, 9.17) is 0 Å². The maximum absolute atomic E-state index is 4.53. The van der Waals surface area contributed by atoms with Crippen LogP contribution in [-0.2, 0) is 6.54 Å². The van der Waals surface area contributed by atoms with E-state index in [1.54, 1.807) is 0 Å². The zero-order valence-electron chi connectivity index (χ0n) is 13.2. The lowest BCUT2D eigenvalue weighted by Gasteiger charge is -2.24. The largest absolute Gasteiger partial charge is 0.355 e. The molecule has 1 aromatic rings. The number of aromatic nitrogens is 2. The molecule has 1 aromatic heterocycles. The predicted octanol–water partition coefficient (Wildman–Crippen LogP) is 2.85. The van der Waals surface area contributed by atoms with Crippen molar-refractivity contribution in [2.45, 2.75) is 53.6 Å². The van der Waals surface area contributed by atoms with Crippen molar-refractivity contribution in [1.29, 1.82) is 0 Å². The molecule has 4 heteroatoms. The summed E-state index contributed by atoms with van der Waals surface area (Å²) in [5, 5.41) is 3.42. The second-order valence-corrected chi connectivity index (χ2v) is 6.40. The van der Waals surface area contributed by atoms with E-state index in [2.05, 4.69) is 61.7 Å². The van der Waals surface area contributed by atoms with Gasteiger partial charge in [0.1, 0.15) is 5.82 Å². The van der Waals surface area contributed by atoms with Gasteiger partial charge in [-0.15, -0.1) is 0 Å². The van der Waals surface area contributed by atoms with Crippen molar-refractivity contribution in [2.75, 3.05) is 18.0 Å². The molecule has 0 unspecified atom stereocenters. The van der Waals surface area contributed by atoms with Crippen molar-refractivity contribution in [3.05, 3.63) is 18.1 Å². The molecule has 108 valence electrons. The Morgan fingerprint density at radius 1 is 1.21 bits per heavy atom. The van der Waals surface area contributed by atoms with E-state index in [1.807, 2.05) is 12.4 Å². The third-order valence-electron chi connectivity index (χ3n) is 2.78. The van der Waals surface area contributed by atoms with Gasteiger partial charge >= 0.3 is 0 Å². The summed E-state index contributed by atoms with van der Waals surface area (Å²) in [5.41, 5.74) is 1.09. The molecule has 1 rings (SSSR count). The standard InChI is InChI=1S/C15H28N4/c1-7-19(11-12(2)3)14-10-16-13(8-17-14)9-18-15(4,5)6/h8,10,12,18H,7,9,11H2,1-6H3. The van der Waals surface area contributed by atoms with Gasteiger partial charge in [-0.1, -0.05) is 13.8 Å². The Balaban J connectivity index is 2.64. The van der Waals surface area contributed by atoms with Gasteiger partial charge in [0.2, 0.25) is 0 Å². The Bertz CT molecular complexity index is 365. The van der Waals surface area contributed by atoms with Crippen LogP contribution < -0.4 is 10.2 Å². The van der Waals surface area contributed by atoms with E-state index in [0.29, 0.717) is 5.92 Å². The van der Waals surface area contributed by atoms with Gasteiger partial charge in [-0.2, -0.15) is 0 Å². The predicted molar refractivity (Wildman–Crippen MR) is 81.3 cm³/mol. The summed E-state index contributed by atoms with van der Waals surface area (Å²) in [6.07, 6.45) is 3.75. The molecule has 4 nitrogen and oxygen atoms in total. The first-order valence-corrected chi connectivity index (χ1v) is 7.12. The highest BCUT2D eigenvalue weighted by Crippen LogP contribution is 2.11. The van der Waals surface area contributed by atoms with Gasteiger partial charge in [-0.25, -0.2) is 4.98 Å². The zero-order chi connectivity index (χ0) is 14.5. The van der Waals surface area contributed by atoms with Crippen LogP contribution >= 0.6 is 0 Å². The molecule has 0 atom stereocenters. The van der Waals surface area contributed by atoms with E-state index < -0.39 is 0 Å². The molecule has 0 aliphatic carbocycles. The van der Waals surface area contributed by atoms with Gasteiger partial charge in [-0.05, 0) is 33.6 Å². The van der Waals surface area contributed by atoms with Crippen LogP contribution in [-0.4, -0.2) is 28.6 Å². The highest BCUT2D eigenvalue weighted by molar-refractivity contribution is 5.35. The molecule has 0 spiro atoms. The first-order valence-electron chi connectivity index (χ1n) is 7.12. The van der Waals surface area contributed by atoms with Crippen LogP contribution in [0.4, 0.5) is 5.82 Å². The molecule has 0 saturated carbocycles. The number of nitrogens with one attached hydrogen (secondary N) is 1. The molecular formula is C15H28N4. The van der Waals surface area contributed by atoms with E-state index in [-0.39, 0.29) is 5.54 Å². The molecule has 0 aliphatic rings. The first-order chi connectivity index (χ1) is 8.81. The summed E-state index contributed by atoms with van der Waals surface area (Å²) in [6, 6.07) is 0. The first kappa shape index (κ1) is 15.9. The lowest BCUT2D eigenvalue weighted by molar-refractivity contribution is 0.421. The van der Waals surface area contributed by atoms with E-state index in [9.17, 15) is 0 Å². The zero-order valence-corrected chi connectivity index (χ0v) is 13.2. The molecule has 1 N–H and O–H groups in total. The van der Waals surface area contributed by atoms with Crippen LogP contribution in [0.3, 0.4) is 0 Å². The lowest BCUT2D eigenvalue weighted by atomic mass is 10.1. The van der Waals surface area contributed by atoms with Crippen molar-refractivity contribution >= 4 is 5.82 Å². The second kappa shape index (κ2) is 6.85. The summed E-state index contributed by atoms with van der Waals surface area (Å²) >= 11 is 0. The summed E-state index contributed by atoms with van der Waals surface area (Å²) in [4.78, 5) is 11.3. The normalized spacial score (nSPS) is 11.9. The lowest BCUT2D eigenvalue weighted by Crippen LogP contribution is -2.35. The van der Waals surface area contributed by atoms with Crippen molar-refractivity contribution < 1.29 is 0 Å². The molecule has 0 radical (unpaired) electrons. The second-order valence-electron chi connectivity index (χ2n) is 6.40. The quantitative estimate of drug-likeness (QED) is 0.858. The average molecular weight is 264 g/mol. The molecule has 0 saturated heterocycles. The van der Waals surface area contributed by atoms with Crippen LogP contribution in [0.2, 0.25) is 0 Å². The fourth-order valence-electron chi connectivity index (χ4n) is 1.78. The summed E-state index contributed by atoms with van der Waals surface area (Å²) < 4.78 is 0. The van der Waals surface area contributed by atoms with Gasteiger partial charge in [0.15, 0.2) is 0 Å². The number of rotatable bonds is 6. The number of nitrogens with zero attached hydrogens (tertiary/aromatic N) is 3. The Labute approximate surface area is 117 Å². The van der Waals surface area contributed by atoms with Crippen LogP contribution in [0.5, 0.6) is 0 Å². The van der Waals surface area contributed by atoms with Gasteiger partial charge in [0.05, 0.1) is 18.1 Å². The third-order valence-corrected chi connectivity index (χ3v) is 2.78.